The van der Waals surface area contributed by atoms with E-state index in [1.807, 2.05) is 36.7 Å². The van der Waals surface area contributed by atoms with Crippen molar-refractivity contribution in [2.24, 2.45) is 5.73 Å². The zero-order chi connectivity index (χ0) is 13.3. The van der Waals surface area contributed by atoms with Crippen LogP contribution >= 0.6 is 27.5 Å². The van der Waals surface area contributed by atoms with E-state index in [0.717, 1.165) is 15.9 Å². The van der Waals surface area contributed by atoms with Crippen LogP contribution in [0.3, 0.4) is 0 Å². The summed E-state index contributed by atoms with van der Waals surface area (Å²) < 4.78 is 2.70. The molecule has 0 fully saturated rings. The minimum atomic E-state index is -0.332. The fraction of sp³-hybridized carbons (Fsp3) is 0.333. The highest BCUT2D eigenvalue weighted by Crippen LogP contribution is 2.29. The molecule has 0 bridgehead atoms. The highest BCUT2D eigenvalue weighted by Gasteiger charge is 2.19. The summed E-state index contributed by atoms with van der Waals surface area (Å²) in [6, 6.07) is 5.43. The first-order valence-corrected chi connectivity index (χ1v) is 6.77. The lowest BCUT2D eigenvalue weighted by atomic mass is 10.1. The van der Waals surface area contributed by atoms with Crippen LogP contribution in [-0.4, -0.2) is 14.8 Å². The Morgan fingerprint density at radius 1 is 1.39 bits per heavy atom. The molecular formula is C12H14BrClN4. The molecule has 1 aromatic heterocycles. The lowest BCUT2D eigenvalue weighted by Crippen LogP contribution is -2.20. The van der Waals surface area contributed by atoms with Crippen molar-refractivity contribution >= 4 is 27.5 Å². The van der Waals surface area contributed by atoms with Crippen LogP contribution in [0.1, 0.15) is 37.3 Å². The van der Waals surface area contributed by atoms with Gasteiger partial charge in [-0.2, -0.15) is 5.10 Å². The summed E-state index contributed by atoms with van der Waals surface area (Å²) >= 11 is 9.40. The molecule has 18 heavy (non-hydrogen) atoms. The van der Waals surface area contributed by atoms with Gasteiger partial charge in [-0.15, -0.1) is 0 Å². The molecule has 0 aliphatic rings. The second-order valence-electron chi connectivity index (χ2n) is 4.30. The van der Waals surface area contributed by atoms with E-state index in [-0.39, 0.29) is 12.1 Å². The van der Waals surface area contributed by atoms with Crippen LogP contribution in [0.5, 0.6) is 0 Å². The van der Waals surface area contributed by atoms with Crippen LogP contribution < -0.4 is 5.73 Å². The predicted octanol–water partition coefficient (Wildman–Crippen LogP) is 3.32. The summed E-state index contributed by atoms with van der Waals surface area (Å²) in [5.74, 6) is 0.744. The molecule has 0 amide bonds. The molecule has 2 rings (SSSR count). The van der Waals surface area contributed by atoms with Crippen LogP contribution in [0.15, 0.2) is 29.0 Å². The summed E-state index contributed by atoms with van der Waals surface area (Å²) in [5.41, 5.74) is 7.19. The van der Waals surface area contributed by atoms with Crippen molar-refractivity contribution in [1.82, 2.24) is 14.8 Å². The van der Waals surface area contributed by atoms with Crippen molar-refractivity contribution in [2.75, 3.05) is 0 Å². The first-order chi connectivity index (χ1) is 8.50. The topological polar surface area (TPSA) is 56.7 Å². The van der Waals surface area contributed by atoms with Crippen molar-refractivity contribution < 1.29 is 0 Å². The van der Waals surface area contributed by atoms with Crippen molar-refractivity contribution in [3.05, 3.63) is 45.4 Å². The second kappa shape index (κ2) is 5.38. The summed E-state index contributed by atoms with van der Waals surface area (Å²) in [6.45, 7) is 4.09. The van der Waals surface area contributed by atoms with Crippen LogP contribution in [0, 0.1) is 0 Å². The van der Waals surface area contributed by atoms with Crippen molar-refractivity contribution in [2.45, 2.75) is 25.9 Å². The molecule has 0 spiro atoms. The van der Waals surface area contributed by atoms with Crippen molar-refractivity contribution in [3.63, 3.8) is 0 Å². The zero-order valence-electron chi connectivity index (χ0n) is 10.1. The maximum atomic E-state index is 6.25. The molecule has 1 atom stereocenters. The summed E-state index contributed by atoms with van der Waals surface area (Å²) in [5, 5.41) is 4.86. The number of benzene rings is 1. The number of hydrogen-bond donors (Lipinski definition) is 1. The molecule has 4 nitrogen and oxygen atoms in total. The van der Waals surface area contributed by atoms with Crippen molar-refractivity contribution in [3.8, 4) is 0 Å². The van der Waals surface area contributed by atoms with E-state index in [9.17, 15) is 0 Å². The van der Waals surface area contributed by atoms with E-state index in [0.29, 0.717) is 5.02 Å². The average molecular weight is 330 g/mol. The molecule has 2 aromatic rings. The highest BCUT2D eigenvalue weighted by atomic mass is 79.9. The highest BCUT2D eigenvalue weighted by molar-refractivity contribution is 9.10. The Morgan fingerprint density at radius 2 is 2.11 bits per heavy atom. The van der Waals surface area contributed by atoms with E-state index >= 15 is 0 Å². The molecular weight excluding hydrogens is 316 g/mol. The minimum absolute atomic E-state index is 0.222. The molecule has 1 aromatic carbocycles. The maximum Gasteiger partial charge on any atom is 0.148 e. The lowest BCUT2D eigenvalue weighted by Gasteiger charge is -2.16. The van der Waals surface area contributed by atoms with E-state index in [4.69, 9.17) is 17.3 Å². The molecule has 96 valence electrons. The molecule has 1 unspecified atom stereocenters. The second-order valence-corrected chi connectivity index (χ2v) is 5.59. The first-order valence-electron chi connectivity index (χ1n) is 5.60. The normalized spacial score (nSPS) is 13.0. The fourth-order valence-corrected chi connectivity index (χ4v) is 2.70. The quantitative estimate of drug-likeness (QED) is 0.939. The van der Waals surface area contributed by atoms with Gasteiger partial charge in [0.2, 0.25) is 0 Å². The van der Waals surface area contributed by atoms with Gasteiger partial charge in [-0.1, -0.05) is 33.6 Å². The monoisotopic (exact) mass is 328 g/mol. The van der Waals surface area contributed by atoms with E-state index in [2.05, 4.69) is 26.0 Å². The molecule has 0 saturated heterocycles. The van der Waals surface area contributed by atoms with Crippen LogP contribution in [0.25, 0.3) is 0 Å². The minimum Gasteiger partial charge on any atom is -0.318 e. The Labute approximate surface area is 119 Å². The standard InChI is InChI=1S/C12H14BrClN4/c1-7(2)18-12(16-6-17-18)11(15)9-4-3-8(14)5-10(9)13/h3-7,11H,15H2,1-2H3. The Kier molecular flexibility index (Phi) is 4.04. The number of halogens is 2. The van der Waals surface area contributed by atoms with Crippen LogP contribution in [0.4, 0.5) is 0 Å². The molecule has 0 radical (unpaired) electrons. The van der Waals surface area contributed by atoms with E-state index < -0.39 is 0 Å². The van der Waals surface area contributed by atoms with Crippen LogP contribution in [-0.2, 0) is 0 Å². The van der Waals surface area contributed by atoms with Crippen LogP contribution in [0.2, 0.25) is 5.02 Å². The molecule has 0 aliphatic carbocycles. The van der Waals surface area contributed by atoms with Gasteiger partial charge in [0.15, 0.2) is 0 Å². The third-order valence-corrected chi connectivity index (χ3v) is 3.59. The molecule has 0 aliphatic heterocycles. The van der Waals surface area contributed by atoms with E-state index in [1.165, 1.54) is 6.33 Å². The number of aromatic nitrogens is 3. The summed E-state index contributed by atoms with van der Waals surface area (Å²) in [6.07, 6.45) is 1.53. The largest absolute Gasteiger partial charge is 0.318 e. The molecule has 6 heteroatoms. The first kappa shape index (κ1) is 13.5. The third kappa shape index (κ3) is 2.58. The van der Waals surface area contributed by atoms with Gasteiger partial charge >= 0.3 is 0 Å². The fourth-order valence-electron chi connectivity index (χ4n) is 1.77. The van der Waals surface area contributed by atoms with Crippen molar-refractivity contribution in [1.29, 1.82) is 0 Å². The Hall–Kier alpha value is -0.910. The Balaban J connectivity index is 2.41. The average Bonchev–Trinajstić information content (AvgIpc) is 2.77. The molecule has 2 N–H and O–H groups in total. The van der Waals surface area contributed by atoms with Gasteiger partial charge in [-0.25, -0.2) is 9.67 Å². The number of rotatable bonds is 3. The number of nitrogens with zero attached hydrogens (tertiary/aromatic N) is 3. The van der Waals surface area contributed by atoms with Gasteiger partial charge in [-0.05, 0) is 31.5 Å². The lowest BCUT2D eigenvalue weighted by molar-refractivity contribution is 0.494. The van der Waals surface area contributed by atoms with Gasteiger partial charge in [0.05, 0.1) is 6.04 Å². The zero-order valence-corrected chi connectivity index (χ0v) is 12.5. The van der Waals surface area contributed by atoms with Gasteiger partial charge in [-0.3, -0.25) is 0 Å². The Bertz CT molecular complexity index is 553. The van der Waals surface area contributed by atoms with Gasteiger partial charge in [0.25, 0.3) is 0 Å². The summed E-state index contributed by atoms with van der Waals surface area (Å²) in [7, 11) is 0. The van der Waals surface area contributed by atoms with E-state index in [1.54, 1.807) is 0 Å². The number of hydrogen-bond acceptors (Lipinski definition) is 3. The summed E-state index contributed by atoms with van der Waals surface area (Å²) in [4.78, 5) is 4.25. The SMILES string of the molecule is CC(C)n1ncnc1C(N)c1ccc(Cl)cc1Br. The molecule has 0 saturated carbocycles. The smallest absolute Gasteiger partial charge is 0.148 e. The maximum absolute atomic E-state index is 6.25. The molecule has 1 heterocycles. The van der Waals surface area contributed by atoms with Gasteiger partial charge in [0, 0.05) is 15.5 Å². The number of nitrogens with two attached hydrogens (primary N) is 1. The Morgan fingerprint density at radius 3 is 2.72 bits per heavy atom. The van der Waals surface area contributed by atoms with Gasteiger partial charge < -0.3 is 5.73 Å². The van der Waals surface area contributed by atoms with Gasteiger partial charge in [0.1, 0.15) is 12.2 Å². The third-order valence-electron chi connectivity index (χ3n) is 2.67. The predicted molar refractivity (Wildman–Crippen MR) is 75.6 cm³/mol.